The molecule has 2 heterocycles. The minimum atomic E-state index is -1.43. The number of primary amides is 1. The van der Waals surface area contributed by atoms with Crippen LogP contribution in [-0.2, 0) is 30.4 Å². The number of rotatable bonds is 12. The molecule has 1 saturated heterocycles. The minimum absolute atomic E-state index is 0.0793. The molecule has 0 spiro atoms. The summed E-state index contributed by atoms with van der Waals surface area (Å²) in [5, 5.41) is 9.33. The van der Waals surface area contributed by atoms with E-state index in [1.165, 1.54) is 0 Å². The van der Waals surface area contributed by atoms with Gasteiger partial charge in [0.2, 0.25) is 22.6 Å². The quantitative estimate of drug-likeness (QED) is 0.193. The number of hydrogen-bond acceptors (Lipinski definition) is 7. The maximum atomic E-state index is 14.4. The molecule has 0 bridgehead atoms. The summed E-state index contributed by atoms with van der Waals surface area (Å²) in [7, 11) is 0. The molecule has 0 radical (unpaired) electrons. The number of nitrogens with one attached hydrogen (secondary N) is 3. The molecule has 48 heavy (non-hydrogen) atoms. The Morgan fingerprint density at radius 3 is 2.31 bits per heavy atom. The number of urea groups is 1. The number of piperidine rings is 1. The van der Waals surface area contributed by atoms with Crippen molar-refractivity contribution in [3.8, 4) is 0 Å². The summed E-state index contributed by atoms with van der Waals surface area (Å²) in [6.07, 6.45) is 8.92. The molecular formula is C35H52N6O6S. The molecule has 4 fully saturated rings. The van der Waals surface area contributed by atoms with Gasteiger partial charge in [0.1, 0.15) is 17.8 Å². The van der Waals surface area contributed by atoms with Crippen LogP contribution in [0.4, 0.5) is 4.79 Å². The fourth-order valence-corrected chi connectivity index (χ4v) is 9.52. The zero-order valence-electron chi connectivity index (χ0n) is 28.9. The Labute approximate surface area is 286 Å². The summed E-state index contributed by atoms with van der Waals surface area (Å²) in [5.74, 6) is -2.39. The van der Waals surface area contributed by atoms with Crippen molar-refractivity contribution in [3.05, 3.63) is 24.4 Å². The maximum Gasteiger partial charge on any atom is 0.316 e. The molecule has 3 aliphatic carbocycles. The number of nitrogens with zero attached hydrogens (tertiary/aromatic N) is 2. The van der Waals surface area contributed by atoms with E-state index in [-0.39, 0.29) is 34.8 Å². The van der Waals surface area contributed by atoms with Gasteiger partial charge in [0.25, 0.3) is 5.91 Å². The molecule has 1 aromatic heterocycles. The van der Waals surface area contributed by atoms with E-state index in [0.29, 0.717) is 30.8 Å². The normalized spacial score (nSPS) is 26.2. The lowest BCUT2D eigenvalue weighted by molar-refractivity contribution is -0.145. The van der Waals surface area contributed by atoms with Gasteiger partial charge < -0.3 is 31.1 Å². The van der Waals surface area contributed by atoms with Crippen molar-refractivity contribution in [1.29, 1.82) is 0 Å². The number of likely N-dealkylation sites (tertiary alicyclic amines) is 1. The maximum absolute atomic E-state index is 14.4. The van der Waals surface area contributed by atoms with E-state index < -0.39 is 63.9 Å². The first-order valence-electron chi connectivity index (χ1n) is 17.4. The van der Waals surface area contributed by atoms with Crippen molar-refractivity contribution >= 4 is 40.7 Å². The van der Waals surface area contributed by atoms with Crippen LogP contribution in [0, 0.1) is 28.6 Å². The zero-order valence-corrected chi connectivity index (χ0v) is 29.7. The van der Waals surface area contributed by atoms with Gasteiger partial charge in [-0.1, -0.05) is 79.2 Å². The summed E-state index contributed by atoms with van der Waals surface area (Å²) in [6.45, 7) is 10.1. The average molecular weight is 685 g/mol. The molecule has 3 saturated carbocycles. The number of pyridine rings is 1. The van der Waals surface area contributed by atoms with Crippen LogP contribution in [0.25, 0.3) is 0 Å². The number of hydrogen-bond donors (Lipinski definition) is 4. The number of ketones is 1. The standard InChI is InChI=1S/C35H52N6O6S/c1-33(2,3)28(39-32(46)40-35(15-8-6-9-16-35)20-48(47)24-14-7-10-17-37-24)31(45)41-19-22-25(34(22,4)5)26(41)30(44)38-23(27(42)29(36)43)18-21-12-11-13-21/h7,10,14,17,21-23,25-26,28H,6,8-9,11-13,15-16,18-20H2,1-5H3,(H2,36,43)(H,38,44)(H2,39,40,46)/t22?,23?,25-,26-,28+,48?/m0/s1. The third-order valence-corrected chi connectivity index (χ3v) is 12.8. The van der Waals surface area contributed by atoms with Gasteiger partial charge in [-0.3, -0.25) is 19.2 Å². The molecule has 5 amide bonds. The largest absolute Gasteiger partial charge is 0.610 e. The second-order valence-electron chi connectivity index (χ2n) is 16.1. The second-order valence-corrected chi connectivity index (χ2v) is 17.5. The highest BCUT2D eigenvalue weighted by atomic mass is 32.2. The molecular weight excluding hydrogens is 632 g/mol. The molecule has 1 aliphatic heterocycles. The lowest BCUT2D eigenvalue weighted by Crippen LogP contribution is -2.64. The van der Waals surface area contributed by atoms with Crippen molar-refractivity contribution in [2.45, 2.75) is 121 Å². The van der Waals surface area contributed by atoms with Crippen LogP contribution in [0.3, 0.4) is 0 Å². The van der Waals surface area contributed by atoms with Crippen molar-refractivity contribution in [1.82, 2.24) is 25.8 Å². The first-order valence-corrected chi connectivity index (χ1v) is 18.7. The lowest BCUT2D eigenvalue weighted by atomic mass is 9.80. The van der Waals surface area contributed by atoms with Gasteiger partial charge >= 0.3 is 6.03 Å². The molecule has 264 valence electrons. The lowest BCUT2D eigenvalue weighted by Gasteiger charge is -2.40. The van der Waals surface area contributed by atoms with Crippen molar-refractivity contribution in [3.63, 3.8) is 0 Å². The summed E-state index contributed by atoms with van der Waals surface area (Å²) in [4.78, 5) is 72.6. The first-order chi connectivity index (χ1) is 22.5. The van der Waals surface area contributed by atoms with E-state index in [2.05, 4.69) is 34.8 Å². The van der Waals surface area contributed by atoms with Gasteiger partial charge in [0, 0.05) is 30.0 Å². The molecule has 1 aromatic rings. The van der Waals surface area contributed by atoms with Gasteiger partial charge in [0.15, 0.2) is 0 Å². The molecule has 6 atom stereocenters. The summed E-state index contributed by atoms with van der Waals surface area (Å²) >= 11 is -1.43. The van der Waals surface area contributed by atoms with Crippen molar-refractivity contribution < 1.29 is 28.5 Å². The van der Waals surface area contributed by atoms with Gasteiger partial charge in [-0.05, 0) is 53.9 Å². The molecule has 5 N–H and O–H groups in total. The zero-order chi connectivity index (χ0) is 35.0. The predicted octanol–water partition coefficient (Wildman–Crippen LogP) is 2.82. The second kappa shape index (κ2) is 14.0. The van der Waals surface area contributed by atoms with Crippen molar-refractivity contribution in [2.24, 2.45) is 34.3 Å². The Bertz CT molecular complexity index is 1390. The third-order valence-electron chi connectivity index (χ3n) is 11.3. The number of aromatic nitrogens is 1. The van der Waals surface area contributed by atoms with E-state index in [1.54, 1.807) is 29.3 Å². The van der Waals surface area contributed by atoms with Crippen LogP contribution in [0.1, 0.15) is 92.4 Å². The van der Waals surface area contributed by atoms with Crippen LogP contribution >= 0.6 is 0 Å². The van der Waals surface area contributed by atoms with Crippen LogP contribution in [-0.4, -0.2) is 79.9 Å². The molecule has 5 rings (SSSR count). The van der Waals surface area contributed by atoms with E-state index in [4.69, 9.17) is 5.73 Å². The SMILES string of the molecule is CC(C)(C)[C@H](NC(=O)NC1(C[S+]([O-])c2ccccn2)CCCCC1)C(=O)N1CC2[C@@H]([C@H]1C(=O)NC(CC1CCC1)C(=O)C(N)=O)C2(C)C. The van der Waals surface area contributed by atoms with Crippen molar-refractivity contribution in [2.75, 3.05) is 12.3 Å². The topological polar surface area (TPSA) is 187 Å². The molecule has 0 aromatic carbocycles. The third kappa shape index (κ3) is 7.66. The van der Waals surface area contributed by atoms with Crippen LogP contribution in [0.15, 0.2) is 29.4 Å². The highest BCUT2D eigenvalue weighted by Crippen LogP contribution is 2.65. The number of nitrogens with two attached hydrogens (primary N) is 1. The first kappa shape index (κ1) is 36.1. The fourth-order valence-electron chi connectivity index (χ4n) is 8.10. The van der Waals surface area contributed by atoms with E-state index in [1.807, 2.05) is 20.8 Å². The molecule has 12 nitrogen and oxygen atoms in total. The summed E-state index contributed by atoms with van der Waals surface area (Å²) in [5.41, 5.74) is 3.72. The number of carbonyl (C=O) groups is 5. The van der Waals surface area contributed by atoms with E-state index in [9.17, 15) is 28.5 Å². The molecule has 4 aliphatic rings. The molecule has 3 unspecified atom stereocenters. The van der Waals surface area contributed by atoms with E-state index >= 15 is 0 Å². The number of amides is 5. The Kier molecular flexibility index (Phi) is 10.5. The summed E-state index contributed by atoms with van der Waals surface area (Å²) < 4.78 is 13.3. The van der Waals surface area contributed by atoms with Gasteiger partial charge in [-0.25, -0.2) is 9.78 Å². The predicted molar refractivity (Wildman–Crippen MR) is 181 cm³/mol. The van der Waals surface area contributed by atoms with Gasteiger partial charge in [0.05, 0.1) is 11.6 Å². The average Bonchev–Trinajstić information content (AvgIpc) is 3.32. The number of Topliss-reactive ketones (excluding diaryl/α,β-unsaturated/α-hetero) is 1. The van der Waals surface area contributed by atoms with Gasteiger partial charge in [-0.15, -0.1) is 0 Å². The monoisotopic (exact) mass is 684 g/mol. The molecule has 13 heteroatoms. The van der Waals surface area contributed by atoms with Gasteiger partial charge in [-0.2, -0.15) is 0 Å². The summed E-state index contributed by atoms with van der Waals surface area (Å²) in [6, 6.07) is 1.87. The van der Waals surface area contributed by atoms with Crippen LogP contribution in [0.5, 0.6) is 0 Å². The Hall–Kier alpha value is -3.19. The van der Waals surface area contributed by atoms with Crippen LogP contribution < -0.4 is 21.7 Å². The smallest absolute Gasteiger partial charge is 0.316 e. The van der Waals surface area contributed by atoms with E-state index in [0.717, 1.165) is 38.5 Å². The fraction of sp³-hybridized carbons (Fsp3) is 0.714. The Morgan fingerprint density at radius 1 is 1.06 bits per heavy atom. The number of fused-ring (bicyclic) bond motifs is 1. The highest BCUT2D eigenvalue weighted by Gasteiger charge is 2.70. The minimum Gasteiger partial charge on any atom is -0.610 e. The number of carbonyl (C=O) groups excluding carboxylic acids is 5. The Morgan fingerprint density at radius 2 is 1.75 bits per heavy atom. The van der Waals surface area contributed by atoms with Crippen LogP contribution in [0.2, 0.25) is 0 Å². The highest BCUT2D eigenvalue weighted by molar-refractivity contribution is 7.91. The Balaban J connectivity index is 1.33.